The van der Waals surface area contributed by atoms with Crippen molar-refractivity contribution in [3.05, 3.63) is 23.8 Å². The van der Waals surface area contributed by atoms with E-state index in [2.05, 4.69) is 5.32 Å². The summed E-state index contributed by atoms with van der Waals surface area (Å²) in [5.74, 6) is 1.64. The third kappa shape index (κ3) is 3.37. The fourth-order valence-electron chi connectivity index (χ4n) is 1.80. The molecule has 0 fully saturated rings. The quantitative estimate of drug-likeness (QED) is 0.834. The molecule has 0 saturated carbocycles. The first-order valence-corrected chi connectivity index (χ1v) is 6.31. The van der Waals surface area contributed by atoms with E-state index in [1.54, 1.807) is 0 Å². The predicted octanol–water partition coefficient (Wildman–Crippen LogP) is 1.57. The Morgan fingerprint density at radius 1 is 1.22 bits per heavy atom. The molecule has 1 aromatic carbocycles. The second-order valence-electron chi connectivity index (χ2n) is 5.40. The number of aliphatic hydroxyl groups excluding tert-OH is 1. The molecule has 0 amide bonds. The number of hydrogen-bond acceptors (Lipinski definition) is 4. The monoisotopic (exact) mass is 251 g/mol. The van der Waals surface area contributed by atoms with E-state index in [9.17, 15) is 5.11 Å². The van der Waals surface area contributed by atoms with Crippen molar-refractivity contribution in [1.82, 2.24) is 5.32 Å². The van der Waals surface area contributed by atoms with Crippen molar-refractivity contribution >= 4 is 0 Å². The van der Waals surface area contributed by atoms with E-state index in [1.165, 1.54) is 0 Å². The van der Waals surface area contributed by atoms with Crippen molar-refractivity contribution in [3.8, 4) is 11.5 Å². The summed E-state index contributed by atoms with van der Waals surface area (Å²) in [7, 11) is 0. The maximum atomic E-state index is 9.17. The van der Waals surface area contributed by atoms with Gasteiger partial charge in [0.1, 0.15) is 13.2 Å². The first-order chi connectivity index (χ1) is 8.61. The molecule has 1 aliphatic rings. The topological polar surface area (TPSA) is 50.7 Å². The third-order valence-electron chi connectivity index (χ3n) is 2.97. The number of rotatable bonds is 5. The average Bonchev–Trinajstić information content (AvgIpc) is 2.38. The summed E-state index contributed by atoms with van der Waals surface area (Å²) >= 11 is 0. The minimum Gasteiger partial charge on any atom is -0.486 e. The summed E-state index contributed by atoms with van der Waals surface area (Å²) in [5.41, 5.74) is 1.07. The van der Waals surface area contributed by atoms with Crippen LogP contribution in [0.4, 0.5) is 0 Å². The molecule has 0 aliphatic carbocycles. The summed E-state index contributed by atoms with van der Waals surface area (Å²) in [5, 5.41) is 12.5. The summed E-state index contributed by atoms with van der Waals surface area (Å²) in [6, 6.07) is 5.99. The van der Waals surface area contributed by atoms with E-state index in [1.807, 2.05) is 32.0 Å². The third-order valence-corrected chi connectivity index (χ3v) is 2.97. The zero-order chi connectivity index (χ0) is 13.0. The van der Waals surface area contributed by atoms with Gasteiger partial charge >= 0.3 is 0 Å². The van der Waals surface area contributed by atoms with Crippen LogP contribution in [0.25, 0.3) is 0 Å². The van der Waals surface area contributed by atoms with E-state index in [-0.39, 0.29) is 12.0 Å². The Morgan fingerprint density at radius 2 is 1.94 bits per heavy atom. The molecule has 2 rings (SSSR count). The van der Waals surface area contributed by atoms with Crippen LogP contribution in [0.2, 0.25) is 0 Å². The van der Waals surface area contributed by atoms with Gasteiger partial charge in [0.25, 0.3) is 0 Å². The Bertz CT molecular complexity index is 404. The molecule has 0 bridgehead atoms. The highest BCUT2D eigenvalue weighted by molar-refractivity contribution is 5.43. The molecule has 0 atom stereocenters. The second-order valence-corrected chi connectivity index (χ2v) is 5.40. The van der Waals surface area contributed by atoms with E-state index >= 15 is 0 Å². The van der Waals surface area contributed by atoms with Gasteiger partial charge in [-0.15, -0.1) is 0 Å². The van der Waals surface area contributed by atoms with Gasteiger partial charge in [0.2, 0.25) is 0 Å². The Balaban J connectivity index is 1.90. The Kier molecular flexibility index (Phi) is 4.09. The first-order valence-electron chi connectivity index (χ1n) is 6.31. The van der Waals surface area contributed by atoms with Gasteiger partial charge in [0, 0.05) is 25.1 Å². The van der Waals surface area contributed by atoms with Gasteiger partial charge in [-0.25, -0.2) is 0 Å². The van der Waals surface area contributed by atoms with Gasteiger partial charge in [-0.3, -0.25) is 0 Å². The first kappa shape index (κ1) is 13.2. The number of benzene rings is 1. The summed E-state index contributed by atoms with van der Waals surface area (Å²) in [4.78, 5) is 0. The fourth-order valence-corrected chi connectivity index (χ4v) is 1.80. The Hall–Kier alpha value is -1.26. The van der Waals surface area contributed by atoms with Crippen LogP contribution in [0.15, 0.2) is 18.2 Å². The van der Waals surface area contributed by atoms with Crippen LogP contribution in [-0.4, -0.2) is 31.5 Å². The lowest BCUT2D eigenvalue weighted by Gasteiger charge is -2.22. The fraction of sp³-hybridized carbons (Fsp3) is 0.571. The van der Waals surface area contributed by atoms with Crippen LogP contribution in [-0.2, 0) is 6.54 Å². The van der Waals surface area contributed by atoms with Crippen LogP contribution < -0.4 is 14.8 Å². The van der Waals surface area contributed by atoms with E-state index in [0.29, 0.717) is 13.2 Å². The van der Waals surface area contributed by atoms with Crippen molar-refractivity contribution in [2.45, 2.75) is 20.4 Å². The SMILES string of the molecule is CC(C)(CO)CNCc1ccc2c(c1)OCCO2. The van der Waals surface area contributed by atoms with Crippen LogP contribution in [0.3, 0.4) is 0 Å². The highest BCUT2D eigenvalue weighted by atomic mass is 16.6. The molecule has 100 valence electrons. The zero-order valence-electron chi connectivity index (χ0n) is 11.0. The minimum absolute atomic E-state index is 0.0895. The molecule has 4 nitrogen and oxygen atoms in total. The van der Waals surface area contributed by atoms with E-state index in [4.69, 9.17) is 9.47 Å². The number of fused-ring (bicyclic) bond motifs is 1. The highest BCUT2D eigenvalue weighted by Crippen LogP contribution is 2.30. The summed E-state index contributed by atoms with van der Waals surface area (Å²) < 4.78 is 11.0. The summed E-state index contributed by atoms with van der Waals surface area (Å²) in [6.07, 6.45) is 0. The normalized spacial score (nSPS) is 14.6. The molecule has 4 heteroatoms. The van der Waals surface area contributed by atoms with E-state index in [0.717, 1.165) is 30.2 Å². The molecule has 0 spiro atoms. The lowest BCUT2D eigenvalue weighted by molar-refractivity contribution is 0.156. The molecule has 18 heavy (non-hydrogen) atoms. The average molecular weight is 251 g/mol. The summed E-state index contributed by atoms with van der Waals surface area (Å²) in [6.45, 7) is 7.02. The molecule has 1 heterocycles. The maximum absolute atomic E-state index is 9.17. The molecule has 0 unspecified atom stereocenters. The second kappa shape index (κ2) is 5.59. The molecule has 1 aliphatic heterocycles. The number of nitrogens with one attached hydrogen (secondary N) is 1. The van der Waals surface area contributed by atoms with Crippen molar-refractivity contribution in [3.63, 3.8) is 0 Å². The standard InChI is InChI=1S/C14H21NO3/c1-14(2,10-16)9-15-8-11-3-4-12-13(7-11)18-6-5-17-12/h3-4,7,15-16H,5-6,8-10H2,1-2H3. The van der Waals surface area contributed by atoms with Gasteiger partial charge in [-0.1, -0.05) is 19.9 Å². The molecule has 0 aromatic heterocycles. The number of hydrogen-bond donors (Lipinski definition) is 2. The number of aliphatic hydroxyl groups is 1. The smallest absolute Gasteiger partial charge is 0.161 e. The van der Waals surface area contributed by atoms with Crippen LogP contribution in [0.1, 0.15) is 19.4 Å². The number of ether oxygens (including phenoxy) is 2. The van der Waals surface area contributed by atoms with Crippen molar-refractivity contribution in [2.24, 2.45) is 5.41 Å². The molecule has 1 aromatic rings. The van der Waals surface area contributed by atoms with Gasteiger partial charge in [0.05, 0.1) is 0 Å². The molecule has 2 N–H and O–H groups in total. The van der Waals surface area contributed by atoms with Gasteiger partial charge in [-0.05, 0) is 17.7 Å². The lowest BCUT2D eigenvalue weighted by Crippen LogP contribution is -2.31. The largest absolute Gasteiger partial charge is 0.486 e. The molecule has 0 radical (unpaired) electrons. The lowest BCUT2D eigenvalue weighted by atomic mass is 9.95. The van der Waals surface area contributed by atoms with Crippen LogP contribution in [0, 0.1) is 5.41 Å². The van der Waals surface area contributed by atoms with Crippen LogP contribution >= 0.6 is 0 Å². The maximum Gasteiger partial charge on any atom is 0.161 e. The van der Waals surface area contributed by atoms with Gasteiger partial charge < -0.3 is 19.9 Å². The predicted molar refractivity (Wildman–Crippen MR) is 70.0 cm³/mol. The highest BCUT2D eigenvalue weighted by Gasteiger charge is 2.16. The van der Waals surface area contributed by atoms with Crippen molar-refractivity contribution in [1.29, 1.82) is 0 Å². The van der Waals surface area contributed by atoms with Crippen LogP contribution in [0.5, 0.6) is 11.5 Å². The minimum atomic E-state index is -0.0895. The van der Waals surface area contributed by atoms with E-state index < -0.39 is 0 Å². The van der Waals surface area contributed by atoms with Crippen molar-refractivity contribution < 1.29 is 14.6 Å². The van der Waals surface area contributed by atoms with Gasteiger partial charge in [0.15, 0.2) is 11.5 Å². The molecular formula is C14H21NO3. The van der Waals surface area contributed by atoms with Gasteiger partial charge in [-0.2, -0.15) is 0 Å². The zero-order valence-corrected chi connectivity index (χ0v) is 11.0. The van der Waals surface area contributed by atoms with Crippen molar-refractivity contribution in [2.75, 3.05) is 26.4 Å². The Morgan fingerprint density at radius 3 is 2.67 bits per heavy atom. The molecular weight excluding hydrogens is 230 g/mol. The Labute approximate surface area is 108 Å². The molecule has 0 saturated heterocycles.